The number of carbonyl (C=O) groups is 2. The van der Waals surface area contributed by atoms with Gasteiger partial charge in [-0.2, -0.15) is 0 Å². The number of halogens is 1. The zero-order chi connectivity index (χ0) is 15.0. The summed E-state index contributed by atoms with van der Waals surface area (Å²) in [5.74, 6) is 0.233. The van der Waals surface area contributed by atoms with Crippen LogP contribution in [0.25, 0.3) is 0 Å². The summed E-state index contributed by atoms with van der Waals surface area (Å²) in [6, 6.07) is 5.61. The van der Waals surface area contributed by atoms with Crippen LogP contribution in [0.1, 0.15) is 51.5 Å². The van der Waals surface area contributed by atoms with Gasteiger partial charge >= 0.3 is 0 Å². The predicted octanol–water partition coefficient (Wildman–Crippen LogP) is 4.38. The van der Waals surface area contributed by atoms with Crippen LogP contribution in [0.2, 0.25) is 5.02 Å². The molecule has 0 aliphatic carbocycles. The lowest BCUT2D eigenvalue weighted by Gasteiger charge is -2.07. The molecule has 0 radical (unpaired) electrons. The summed E-state index contributed by atoms with van der Waals surface area (Å²) in [6.45, 7) is 3.38. The minimum Gasteiger partial charge on any atom is -0.326 e. The summed E-state index contributed by atoms with van der Waals surface area (Å²) in [6.07, 6.45) is 5.24. The summed E-state index contributed by atoms with van der Waals surface area (Å²) in [5.41, 5.74) is 1.85. The van der Waals surface area contributed by atoms with Crippen molar-refractivity contribution in [2.45, 2.75) is 52.4 Å². The van der Waals surface area contributed by atoms with Crippen molar-refractivity contribution < 1.29 is 9.59 Å². The second-order valence-electron chi connectivity index (χ2n) is 4.98. The number of hydrogen-bond donors (Lipinski definition) is 1. The molecule has 1 aromatic rings. The van der Waals surface area contributed by atoms with Crippen molar-refractivity contribution in [3.8, 4) is 0 Å². The first-order chi connectivity index (χ1) is 9.51. The van der Waals surface area contributed by atoms with Gasteiger partial charge in [0.2, 0.25) is 5.91 Å². The first-order valence-electron chi connectivity index (χ1n) is 7.10. The van der Waals surface area contributed by atoms with Gasteiger partial charge in [0, 0.05) is 30.5 Å². The highest BCUT2D eigenvalue weighted by molar-refractivity contribution is 6.31. The maximum atomic E-state index is 11.2. The standard InChI is InChI=1S/C16H22ClNO2/c1-3-16(20)8-6-4-5-7-13-9-14(17)11-15(10-13)18-12(2)19/h9-11H,3-8H2,1-2H3,(H,18,19). The molecule has 0 aliphatic rings. The number of anilines is 1. The summed E-state index contributed by atoms with van der Waals surface area (Å²) in [5, 5.41) is 3.37. The summed E-state index contributed by atoms with van der Waals surface area (Å²) < 4.78 is 0. The van der Waals surface area contributed by atoms with Crippen molar-refractivity contribution in [1.29, 1.82) is 0 Å². The second kappa shape index (κ2) is 8.75. The first-order valence-corrected chi connectivity index (χ1v) is 7.48. The van der Waals surface area contributed by atoms with Crippen LogP contribution in [0.15, 0.2) is 18.2 Å². The molecule has 0 atom stereocenters. The van der Waals surface area contributed by atoms with Crippen molar-refractivity contribution in [3.63, 3.8) is 0 Å². The third kappa shape index (κ3) is 6.71. The fraction of sp³-hybridized carbons (Fsp3) is 0.500. The van der Waals surface area contributed by atoms with Gasteiger partial charge in [0.25, 0.3) is 0 Å². The molecule has 0 aliphatic heterocycles. The van der Waals surface area contributed by atoms with Crippen LogP contribution in [0.4, 0.5) is 5.69 Å². The molecule has 1 N–H and O–H groups in total. The van der Waals surface area contributed by atoms with Crippen molar-refractivity contribution in [3.05, 3.63) is 28.8 Å². The van der Waals surface area contributed by atoms with Gasteiger partial charge < -0.3 is 5.32 Å². The minimum atomic E-state index is -0.101. The van der Waals surface area contributed by atoms with E-state index in [1.807, 2.05) is 19.1 Å². The van der Waals surface area contributed by atoms with Gasteiger partial charge in [-0.05, 0) is 43.0 Å². The first kappa shape index (κ1) is 16.7. The van der Waals surface area contributed by atoms with Crippen molar-refractivity contribution in [2.75, 3.05) is 5.32 Å². The number of unbranched alkanes of at least 4 members (excludes halogenated alkanes) is 2. The highest BCUT2D eigenvalue weighted by atomic mass is 35.5. The second-order valence-corrected chi connectivity index (χ2v) is 5.42. The van der Waals surface area contributed by atoms with Crippen LogP contribution >= 0.6 is 11.6 Å². The Morgan fingerprint density at radius 3 is 2.55 bits per heavy atom. The van der Waals surface area contributed by atoms with E-state index >= 15 is 0 Å². The normalized spacial score (nSPS) is 10.3. The van der Waals surface area contributed by atoms with Crippen LogP contribution in [0, 0.1) is 0 Å². The van der Waals surface area contributed by atoms with Crippen molar-refractivity contribution in [2.24, 2.45) is 0 Å². The number of amides is 1. The van der Waals surface area contributed by atoms with Gasteiger partial charge in [-0.25, -0.2) is 0 Å². The molecule has 0 unspecified atom stereocenters. The SMILES string of the molecule is CCC(=O)CCCCCc1cc(Cl)cc(NC(C)=O)c1. The Balaban J connectivity index is 2.41. The fourth-order valence-corrected chi connectivity index (χ4v) is 2.33. The van der Waals surface area contributed by atoms with Crippen LogP contribution in [-0.2, 0) is 16.0 Å². The van der Waals surface area contributed by atoms with E-state index < -0.39 is 0 Å². The topological polar surface area (TPSA) is 46.2 Å². The van der Waals surface area contributed by atoms with E-state index in [0.29, 0.717) is 23.6 Å². The lowest BCUT2D eigenvalue weighted by atomic mass is 10.0. The highest BCUT2D eigenvalue weighted by Crippen LogP contribution is 2.21. The largest absolute Gasteiger partial charge is 0.326 e. The van der Waals surface area contributed by atoms with Gasteiger partial charge in [0.15, 0.2) is 0 Å². The van der Waals surface area contributed by atoms with E-state index in [9.17, 15) is 9.59 Å². The monoisotopic (exact) mass is 295 g/mol. The molecule has 0 heterocycles. The lowest BCUT2D eigenvalue weighted by Crippen LogP contribution is -2.06. The molecular formula is C16H22ClNO2. The maximum absolute atomic E-state index is 11.2. The minimum absolute atomic E-state index is 0.101. The average Bonchev–Trinajstić information content (AvgIpc) is 2.36. The van der Waals surface area contributed by atoms with E-state index in [1.165, 1.54) is 6.92 Å². The van der Waals surface area contributed by atoms with Crippen molar-refractivity contribution >= 4 is 29.0 Å². The van der Waals surface area contributed by atoms with E-state index in [-0.39, 0.29) is 5.91 Å². The lowest BCUT2D eigenvalue weighted by molar-refractivity contribution is -0.119. The fourth-order valence-electron chi connectivity index (χ4n) is 2.08. The third-order valence-electron chi connectivity index (χ3n) is 3.09. The Hall–Kier alpha value is -1.35. The zero-order valence-electron chi connectivity index (χ0n) is 12.2. The van der Waals surface area contributed by atoms with Gasteiger partial charge in [0.05, 0.1) is 0 Å². The number of rotatable bonds is 8. The Morgan fingerprint density at radius 1 is 1.15 bits per heavy atom. The molecule has 0 bridgehead atoms. The van der Waals surface area contributed by atoms with E-state index in [0.717, 1.165) is 36.9 Å². The van der Waals surface area contributed by atoms with E-state index in [1.54, 1.807) is 6.07 Å². The average molecular weight is 296 g/mol. The Labute approximate surface area is 125 Å². The quantitative estimate of drug-likeness (QED) is 0.723. The Morgan fingerprint density at radius 2 is 1.90 bits per heavy atom. The number of Topliss-reactive ketones (excluding diaryl/α,β-unsaturated/α-hetero) is 1. The van der Waals surface area contributed by atoms with Crippen LogP contribution < -0.4 is 5.32 Å². The molecule has 3 nitrogen and oxygen atoms in total. The number of ketones is 1. The smallest absolute Gasteiger partial charge is 0.221 e. The van der Waals surface area contributed by atoms with E-state index in [2.05, 4.69) is 5.32 Å². The number of hydrogen-bond acceptors (Lipinski definition) is 2. The molecule has 0 fully saturated rings. The highest BCUT2D eigenvalue weighted by Gasteiger charge is 2.02. The van der Waals surface area contributed by atoms with Crippen LogP contribution in [0.5, 0.6) is 0 Å². The number of benzene rings is 1. The van der Waals surface area contributed by atoms with E-state index in [4.69, 9.17) is 11.6 Å². The van der Waals surface area contributed by atoms with Gasteiger partial charge in [0.1, 0.15) is 5.78 Å². The number of carbonyl (C=O) groups excluding carboxylic acids is 2. The number of nitrogens with one attached hydrogen (secondary N) is 1. The molecule has 1 rings (SSSR count). The molecule has 0 spiro atoms. The summed E-state index contributed by atoms with van der Waals surface area (Å²) >= 11 is 6.04. The summed E-state index contributed by atoms with van der Waals surface area (Å²) in [4.78, 5) is 22.2. The van der Waals surface area contributed by atoms with Gasteiger partial charge in [-0.3, -0.25) is 9.59 Å². The molecule has 1 aromatic carbocycles. The molecule has 1 amide bonds. The molecule has 0 saturated carbocycles. The maximum Gasteiger partial charge on any atom is 0.221 e. The van der Waals surface area contributed by atoms with Gasteiger partial charge in [-0.15, -0.1) is 0 Å². The molecule has 4 heteroatoms. The molecule has 20 heavy (non-hydrogen) atoms. The predicted molar refractivity (Wildman–Crippen MR) is 83.2 cm³/mol. The molecule has 0 saturated heterocycles. The Kier molecular flexibility index (Phi) is 7.31. The summed E-state index contributed by atoms with van der Waals surface area (Å²) in [7, 11) is 0. The van der Waals surface area contributed by atoms with Crippen LogP contribution in [0.3, 0.4) is 0 Å². The number of aryl methyl sites for hydroxylation is 1. The van der Waals surface area contributed by atoms with Gasteiger partial charge in [-0.1, -0.05) is 24.9 Å². The van der Waals surface area contributed by atoms with Crippen LogP contribution in [-0.4, -0.2) is 11.7 Å². The molecule has 110 valence electrons. The van der Waals surface area contributed by atoms with Crippen molar-refractivity contribution in [1.82, 2.24) is 0 Å². The third-order valence-corrected chi connectivity index (χ3v) is 3.31. The zero-order valence-corrected chi connectivity index (χ0v) is 12.9. The Bertz CT molecular complexity index is 472. The molecular weight excluding hydrogens is 274 g/mol. The molecule has 0 aromatic heterocycles.